The fourth-order valence-electron chi connectivity index (χ4n) is 3.31. The van der Waals surface area contributed by atoms with E-state index in [0.29, 0.717) is 11.5 Å². The van der Waals surface area contributed by atoms with Crippen molar-refractivity contribution < 1.29 is 14.4 Å². The van der Waals surface area contributed by atoms with E-state index < -0.39 is 5.92 Å². The van der Waals surface area contributed by atoms with Crippen molar-refractivity contribution in [2.75, 3.05) is 20.8 Å². The van der Waals surface area contributed by atoms with E-state index in [4.69, 9.17) is 9.47 Å². The summed E-state index contributed by atoms with van der Waals surface area (Å²) in [5, 5.41) is 11.4. The van der Waals surface area contributed by atoms with E-state index in [2.05, 4.69) is 0 Å². The Kier molecular flexibility index (Phi) is 4.61. The fraction of sp³-hybridized carbons (Fsp3) is 0.263. The van der Waals surface area contributed by atoms with E-state index in [1.54, 1.807) is 26.4 Å². The van der Waals surface area contributed by atoms with E-state index in [1.165, 1.54) is 0 Å². The second-order valence-corrected chi connectivity index (χ2v) is 5.88. The smallest absolute Gasteiger partial charge is 0.216 e. The van der Waals surface area contributed by atoms with Crippen LogP contribution in [0.4, 0.5) is 0 Å². The normalized spacial score (nSPS) is 12.1. The number of aryl methyl sites for hydroxylation is 1. The van der Waals surface area contributed by atoms with Crippen LogP contribution in [0.25, 0.3) is 5.52 Å². The summed E-state index contributed by atoms with van der Waals surface area (Å²) in [5.74, 6) is 0.800. The maximum atomic E-state index is 11.4. The molecule has 0 aliphatic heterocycles. The minimum Gasteiger partial charge on any atom is -0.497 e. The van der Waals surface area contributed by atoms with Gasteiger partial charge in [-0.2, -0.15) is 0 Å². The molecule has 3 rings (SSSR count). The quantitative estimate of drug-likeness (QED) is 0.507. The number of fused-ring (bicyclic) bond motifs is 1. The Bertz CT molecular complexity index is 917. The second kappa shape index (κ2) is 6.84. The number of rotatable bonds is 6. The predicted molar refractivity (Wildman–Crippen MR) is 95.4 cm³/mol. The van der Waals surface area contributed by atoms with Crippen LogP contribution in [0.15, 0.2) is 48.7 Å². The highest BCUT2D eigenvalue weighted by molar-refractivity contribution is 5.56. The van der Waals surface area contributed by atoms with Crippen molar-refractivity contribution >= 4 is 5.52 Å². The monoisotopic (exact) mass is 340 g/mol. The van der Waals surface area contributed by atoms with Crippen LogP contribution in [-0.4, -0.2) is 30.1 Å². The van der Waals surface area contributed by atoms with Gasteiger partial charge in [-0.3, -0.25) is 10.1 Å². The second-order valence-electron chi connectivity index (χ2n) is 5.88. The average molecular weight is 340 g/mol. The number of benzene rings is 1. The van der Waals surface area contributed by atoms with Gasteiger partial charge in [-0.05, 0) is 36.8 Å². The number of nitrogens with zero attached hydrogens (tertiary/aromatic N) is 2. The van der Waals surface area contributed by atoms with Crippen LogP contribution in [0.5, 0.6) is 11.5 Å². The van der Waals surface area contributed by atoms with Gasteiger partial charge < -0.3 is 13.9 Å². The van der Waals surface area contributed by atoms with Crippen molar-refractivity contribution in [2.45, 2.75) is 12.8 Å². The molecule has 0 radical (unpaired) electrons. The Morgan fingerprint density at radius 2 is 1.96 bits per heavy atom. The van der Waals surface area contributed by atoms with Crippen molar-refractivity contribution in [3.05, 3.63) is 75.6 Å². The van der Waals surface area contributed by atoms with Crippen LogP contribution in [0.3, 0.4) is 0 Å². The molecule has 0 amide bonds. The predicted octanol–water partition coefficient (Wildman–Crippen LogP) is 3.67. The number of nitro groups is 1. The molecule has 0 fully saturated rings. The van der Waals surface area contributed by atoms with E-state index in [9.17, 15) is 10.1 Å². The average Bonchev–Trinajstić information content (AvgIpc) is 2.94. The molecule has 1 atom stereocenters. The van der Waals surface area contributed by atoms with Crippen LogP contribution in [0.2, 0.25) is 0 Å². The highest BCUT2D eigenvalue weighted by Gasteiger charge is 2.28. The summed E-state index contributed by atoms with van der Waals surface area (Å²) in [4.78, 5) is 11.1. The molecule has 6 nitrogen and oxygen atoms in total. The lowest BCUT2D eigenvalue weighted by Crippen LogP contribution is -2.17. The molecule has 0 aliphatic carbocycles. The van der Waals surface area contributed by atoms with Crippen LogP contribution in [0.1, 0.15) is 22.7 Å². The van der Waals surface area contributed by atoms with Crippen molar-refractivity contribution in [3.63, 3.8) is 0 Å². The number of ether oxygens (including phenoxy) is 2. The van der Waals surface area contributed by atoms with Gasteiger partial charge in [0.2, 0.25) is 6.54 Å². The topological polar surface area (TPSA) is 66.0 Å². The van der Waals surface area contributed by atoms with Gasteiger partial charge in [-0.1, -0.05) is 12.1 Å². The van der Waals surface area contributed by atoms with Gasteiger partial charge in [0.15, 0.2) is 0 Å². The zero-order valence-corrected chi connectivity index (χ0v) is 14.4. The van der Waals surface area contributed by atoms with Gasteiger partial charge in [0.1, 0.15) is 11.5 Å². The molecule has 6 heteroatoms. The Morgan fingerprint density at radius 3 is 2.64 bits per heavy atom. The molecular weight excluding hydrogens is 320 g/mol. The molecule has 0 saturated carbocycles. The van der Waals surface area contributed by atoms with E-state index in [0.717, 1.165) is 22.3 Å². The van der Waals surface area contributed by atoms with Crippen LogP contribution in [-0.2, 0) is 0 Å². The maximum absolute atomic E-state index is 11.4. The van der Waals surface area contributed by atoms with Crippen LogP contribution < -0.4 is 9.47 Å². The lowest BCUT2D eigenvalue weighted by molar-refractivity contribution is -0.482. The van der Waals surface area contributed by atoms with Crippen molar-refractivity contribution in [2.24, 2.45) is 0 Å². The first-order valence-corrected chi connectivity index (χ1v) is 7.95. The molecule has 1 aromatic carbocycles. The maximum Gasteiger partial charge on any atom is 0.216 e. The highest BCUT2D eigenvalue weighted by atomic mass is 16.6. The molecule has 25 heavy (non-hydrogen) atoms. The molecule has 3 aromatic rings. The molecule has 0 saturated heterocycles. The first-order chi connectivity index (χ1) is 12.0. The number of methoxy groups -OCH3 is 2. The van der Waals surface area contributed by atoms with Crippen molar-refractivity contribution in [3.8, 4) is 11.5 Å². The summed E-state index contributed by atoms with van der Waals surface area (Å²) in [6.07, 6.45) is 1.93. The standard InChI is InChI=1S/C19H20N2O4/c1-13-10-14-6-4-5-9-20(14)19(13)17(12-21(22)23)16-8-7-15(24-2)11-18(16)25-3/h4-11,17H,12H2,1-3H3/t17-/m0/s1. The summed E-state index contributed by atoms with van der Waals surface area (Å²) >= 11 is 0. The summed E-state index contributed by atoms with van der Waals surface area (Å²) in [7, 11) is 3.14. The third-order valence-corrected chi connectivity index (χ3v) is 4.40. The first kappa shape index (κ1) is 16.8. The third-order valence-electron chi connectivity index (χ3n) is 4.40. The zero-order valence-electron chi connectivity index (χ0n) is 14.4. The lowest BCUT2D eigenvalue weighted by atomic mass is 9.92. The number of aromatic nitrogens is 1. The molecular formula is C19H20N2O4. The molecule has 2 heterocycles. The van der Waals surface area contributed by atoms with Gasteiger partial charge in [0.05, 0.1) is 20.1 Å². The summed E-state index contributed by atoms with van der Waals surface area (Å²) in [6.45, 7) is 1.76. The first-order valence-electron chi connectivity index (χ1n) is 7.95. The van der Waals surface area contributed by atoms with E-state index >= 15 is 0 Å². The fourth-order valence-corrected chi connectivity index (χ4v) is 3.31. The van der Waals surface area contributed by atoms with Crippen LogP contribution >= 0.6 is 0 Å². The molecule has 130 valence electrons. The van der Waals surface area contributed by atoms with Gasteiger partial charge in [0, 0.05) is 34.0 Å². The Hall–Kier alpha value is -3.02. The molecule has 0 N–H and O–H groups in total. The van der Waals surface area contributed by atoms with Gasteiger partial charge in [-0.15, -0.1) is 0 Å². The van der Waals surface area contributed by atoms with Gasteiger partial charge >= 0.3 is 0 Å². The molecule has 0 spiro atoms. The largest absolute Gasteiger partial charge is 0.497 e. The van der Waals surface area contributed by atoms with Crippen LogP contribution in [0, 0.1) is 17.0 Å². The number of hydrogen-bond acceptors (Lipinski definition) is 4. The summed E-state index contributed by atoms with van der Waals surface area (Å²) in [6, 6.07) is 13.3. The minimum atomic E-state index is -0.430. The Balaban J connectivity index is 2.22. The van der Waals surface area contributed by atoms with Crippen molar-refractivity contribution in [1.29, 1.82) is 0 Å². The SMILES string of the molecule is COc1ccc([C@H](C[N+](=O)[O-])c2c(C)cc3ccccn23)c(OC)c1. The Labute approximate surface area is 145 Å². The summed E-state index contributed by atoms with van der Waals surface area (Å²) in [5.41, 5.74) is 3.69. The molecule has 0 aliphatic rings. The Morgan fingerprint density at radius 1 is 1.16 bits per heavy atom. The molecule has 0 bridgehead atoms. The number of pyridine rings is 1. The number of hydrogen-bond donors (Lipinski definition) is 0. The van der Waals surface area contributed by atoms with Gasteiger partial charge in [0.25, 0.3) is 0 Å². The third kappa shape index (κ3) is 3.15. The van der Waals surface area contributed by atoms with Crippen molar-refractivity contribution in [1.82, 2.24) is 4.40 Å². The van der Waals surface area contributed by atoms with E-state index in [-0.39, 0.29) is 11.5 Å². The molecule has 0 unspecified atom stereocenters. The zero-order chi connectivity index (χ0) is 18.0. The van der Waals surface area contributed by atoms with Gasteiger partial charge in [-0.25, -0.2) is 0 Å². The van der Waals surface area contributed by atoms with E-state index in [1.807, 2.05) is 47.9 Å². The lowest BCUT2D eigenvalue weighted by Gasteiger charge is -2.19. The highest BCUT2D eigenvalue weighted by Crippen LogP contribution is 2.37. The summed E-state index contributed by atoms with van der Waals surface area (Å²) < 4.78 is 12.7. The minimum absolute atomic E-state index is 0.218. The molecule has 2 aromatic heterocycles.